The topological polar surface area (TPSA) is 49.8 Å². The molecule has 2 bridgehead atoms. The highest BCUT2D eigenvalue weighted by Crippen LogP contribution is 2.60. The van der Waals surface area contributed by atoms with Crippen molar-refractivity contribution < 1.29 is 14.6 Å². The Balaban J connectivity index is 1.69. The molecular weight excluding hydrogens is 314 g/mol. The second kappa shape index (κ2) is 5.31. The normalized spacial score (nSPS) is 37.5. The van der Waals surface area contributed by atoms with E-state index in [4.69, 9.17) is 4.74 Å². The van der Waals surface area contributed by atoms with E-state index in [-0.39, 0.29) is 11.0 Å². The Bertz CT molecular complexity index is 728. The highest BCUT2D eigenvalue weighted by molar-refractivity contribution is 5.83. The lowest BCUT2D eigenvalue weighted by atomic mass is 9.49. The van der Waals surface area contributed by atoms with Gasteiger partial charge in [-0.1, -0.05) is 12.1 Å². The summed E-state index contributed by atoms with van der Waals surface area (Å²) in [5.74, 6) is 1.51. The SMILES string of the molecule is CO[C@@]12CCC(=O)C[C@@]13CCN(CC1CC1)[C@@H]2Cc1cccc(O)c13. The van der Waals surface area contributed by atoms with Crippen molar-refractivity contribution in [3.63, 3.8) is 0 Å². The van der Waals surface area contributed by atoms with Gasteiger partial charge in [0.2, 0.25) is 0 Å². The number of hydrogen-bond acceptors (Lipinski definition) is 4. The summed E-state index contributed by atoms with van der Waals surface area (Å²) in [6, 6.07) is 6.18. The average molecular weight is 341 g/mol. The van der Waals surface area contributed by atoms with Crippen molar-refractivity contribution in [3.05, 3.63) is 29.3 Å². The number of piperidine rings is 1. The summed E-state index contributed by atoms with van der Waals surface area (Å²) in [6.07, 6.45) is 6.42. The molecule has 0 unspecified atom stereocenters. The van der Waals surface area contributed by atoms with Crippen LogP contribution in [0.4, 0.5) is 0 Å². The quantitative estimate of drug-likeness (QED) is 0.918. The Morgan fingerprint density at radius 2 is 2.16 bits per heavy atom. The van der Waals surface area contributed by atoms with Crippen LogP contribution in [0, 0.1) is 5.92 Å². The molecular formula is C21H27NO3. The third-order valence-corrected chi connectivity index (χ3v) is 7.46. The van der Waals surface area contributed by atoms with Crippen LogP contribution in [-0.2, 0) is 21.4 Å². The summed E-state index contributed by atoms with van der Waals surface area (Å²) in [6.45, 7) is 2.17. The molecule has 0 radical (unpaired) electrons. The van der Waals surface area contributed by atoms with Crippen molar-refractivity contribution in [2.45, 2.75) is 62.0 Å². The van der Waals surface area contributed by atoms with E-state index < -0.39 is 0 Å². The number of rotatable bonds is 3. The first-order chi connectivity index (χ1) is 12.1. The fraction of sp³-hybridized carbons (Fsp3) is 0.667. The number of fused-ring (bicyclic) bond motifs is 1. The fourth-order valence-corrected chi connectivity index (χ4v) is 6.23. The van der Waals surface area contributed by atoms with Crippen molar-refractivity contribution in [1.29, 1.82) is 0 Å². The molecule has 4 nitrogen and oxygen atoms in total. The number of ether oxygens (including phenoxy) is 1. The van der Waals surface area contributed by atoms with Crippen LogP contribution in [0.15, 0.2) is 18.2 Å². The standard InChI is InChI=1S/C21H27NO3/c1-25-21-8-7-16(23)12-20(21)9-10-22(13-14-5-6-14)18(21)11-15-3-2-4-17(24)19(15)20/h2-4,14,18,24H,5-13H2,1H3/t18-,20-,21-/m1/s1. The van der Waals surface area contributed by atoms with Gasteiger partial charge in [0, 0.05) is 43.5 Å². The van der Waals surface area contributed by atoms with Crippen LogP contribution in [0.5, 0.6) is 5.75 Å². The molecule has 0 aromatic heterocycles. The Morgan fingerprint density at radius 3 is 2.92 bits per heavy atom. The number of hydrogen-bond donors (Lipinski definition) is 1. The molecule has 0 spiro atoms. The van der Waals surface area contributed by atoms with E-state index in [0.29, 0.717) is 30.4 Å². The van der Waals surface area contributed by atoms with E-state index >= 15 is 0 Å². The number of ketones is 1. The van der Waals surface area contributed by atoms with E-state index in [2.05, 4.69) is 11.0 Å². The summed E-state index contributed by atoms with van der Waals surface area (Å²) in [5, 5.41) is 10.7. The van der Waals surface area contributed by atoms with Crippen LogP contribution in [0.3, 0.4) is 0 Å². The van der Waals surface area contributed by atoms with E-state index in [1.807, 2.05) is 13.2 Å². The van der Waals surface area contributed by atoms with E-state index in [1.165, 1.54) is 18.4 Å². The molecule has 3 aliphatic carbocycles. The molecule has 0 amide bonds. The number of benzene rings is 1. The van der Waals surface area contributed by atoms with Crippen molar-refractivity contribution in [1.82, 2.24) is 4.90 Å². The Labute approximate surface area is 149 Å². The highest BCUT2D eigenvalue weighted by atomic mass is 16.5. The number of Topliss-reactive ketones (excluding diaryl/α,β-unsaturated/α-hetero) is 1. The van der Waals surface area contributed by atoms with Crippen molar-refractivity contribution in [3.8, 4) is 5.75 Å². The van der Waals surface area contributed by atoms with Gasteiger partial charge in [0.1, 0.15) is 11.5 Å². The van der Waals surface area contributed by atoms with Gasteiger partial charge in [-0.3, -0.25) is 9.69 Å². The smallest absolute Gasteiger partial charge is 0.134 e. The predicted molar refractivity (Wildman–Crippen MR) is 94.8 cm³/mol. The van der Waals surface area contributed by atoms with Crippen LogP contribution >= 0.6 is 0 Å². The van der Waals surface area contributed by atoms with Crippen molar-refractivity contribution in [2.75, 3.05) is 20.2 Å². The first-order valence-electron chi connectivity index (χ1n) is 9.72. The number of aromatic hydroxyl groups is 1. The maximum Gasteiger partial charge on any atom is 0.134 e. The second-order valence-electron chi connectivity index (χ2n) is 8.61. The molecule has 1 aromatic rings. The minimum atomic E-state index is -0.360. The number of nitrogens with zero attached hydrogens (tertiary/aromatic N) is 1. The minimum Gasteiger partial charge on any atom is -0.508 e. The largest absolute Gasteiger partial charge is 0.508 e. The Morgan fingerprint density at radius 1 is 1.32 bits per heavy atom. The first kappa shape index (κ1) is 15.8. The molecule has 134 valence electrons. The first-order valence-corrected chi connectivity index (χ1v) is 9.72. The molecule has 5 rings (SSSR count). The molecule has 3 fully saturated rings. The van der Waals surface area contributed by atoms with Crippen LogP contribution < -0.4 is 0 Å². The van der Waals surface area contributed by atoms with Gasteiger partial charge in [-0.05, 0) is 56.2 Å². The third kappa shape index (κ3) is 2.04. The minimum absolute atomic E-state index is 0.314. The lowest BCUT2D eigenvalue weighted by molar-refractivity contribution is -0.188. The molecule has 3 atom stereocenters. The summed E-state index contributed by atoms with van der Waals surface area (Å²) in [4.78, 5) is 15.2. The molecule has 1 aliphatic heterocycles. The van der Waals surface area contributed by atoms with Gasteiger partial charge in [-0.15, -0.1) is 0 Å². The van der Waals surface area contributed by atoms with E-state index in [9.17, 15) is 9.90 Å². The summed E-state index contributed by atoms with van der Waals surface area (Å²) in [5.41, 5.74) is 1.51. The molecule has 4 heteroatoms. The molecule has 1 aromatic carbocycles. The maximum atomic E-state index is 12.5. The Hall–Kier alpha value is -1.39. The van der Waals surface area contributed by atoms with Gasteiger partial charge in [-0.25, -0.2) is 0 Å². The van der Waals surface area contributed by atoms with Crippen molar-refractivity contribution >= 4 is 5.78 Å². The lowest BCUT2D eigenvalue weighted by Crippen LogP contribution is -2.74. The molecule has 25 heavy (non-hydrogen) atoms. The second-order valence-corrected chi connectivity index (χ2v) is 8.61. The third-order valence-electron chi connectivity index (χ3n) is 7.46. The maximum absolute atomic E-state index is 12.5. The highest BCUT2D eigenvalue weighted by Gasteiger charge is 2.66. The van der Waals surface area contributed by atoms with Gasteiger partial charge >= 0.3 is 0 Å². The molecule has 1 N–H and O–H groups in total. The van der Waals surface area contributed by atoms with Gasteiger partial charge < -0.3 is 9.84 Å². The molecule has 2 saturated carbocycles. The molecule has 1 saturated heterocycles. The molecule has 1 heterocycles. The van der Waals surface area contributed by atoms with Gasteiger partial charge in [0.15, 0.2) is 0 Å². The van der Waals surface area contributed by atoms with Crippen molar-refractivity contribution in [2.24, 2.45) is 5.92 Å². The monoisotopic (exact) mass is 341 g/mol. The predicted octanol–water partition coefficient (Wildman–Crippen LogP) is 2.81. The average Bonchev–Trinajstić information content (AvgIpc) is 3.41. The number of methoxy groups -OCH3 is 1. The zero-order valence-corrected chi connectivity index (χ0v) is 15.0. The zero-order valence-electron chi connectivity index (χ0n) is 15.0. The Kier molecular flexibility index (Phi) is 3.36. The summed E-state index contributed by atoms with van der Waals surface area (Å²) in [7, 11) is 1.82. The number of likely N-dealkylation sites (tertiary alicyclic amines) is 1. The number of phenols is 1. The number of carbonyl (C=O) groups is 1. The van der Waals surface area contributed by atoms with Gasteiger partial charge in [0.25, 0.3) is 0 Å². The van der Waals surface area contributed by atoms with Gasteiger partial charge in [-0.2, -0.15) is 0 Å². The van der Waals surface area contributed by atoms with Crippen LogP contribution in [-0.4, -0.2) is 47.6 Å². The number of carbonyl (C=O) groups excluding carboxylic acids is 1. The lowest BCUT2D eigenvalue weighted by Gasteiger charge is -2.65. The van der Waals surface area contributed by atoms with Crippen LogP contribution in [0.2, 0.25) is 0 Å². The van der Waals surface area contributed by atoms with Crippen LogP contribution in [0.1, 0.15) is 49.7 Å². The van der Waals surface area contributed by atoms with Gasteiger partial charge in [0.05, 0.1) is 5.60 Å². The fourth-order valence-electron chi connectivity index (χ4n) is 6.23. The van der Waals surface area contributed by atoms with Crippen LogP contribution in [0.25, 0.3) is 0 Å². The van der Waals surface area contributed by atoms with E-state index in [0.717, 1.165) is 43.8 Å². The zero-order chi connectivity index (χ0) is 17.2. The number of phenolic OH excluding ortho intramolecular Hbond substituents is 1. The molecule has 4 aliphatic rings. The summed E-state index contributed by atoms with van der Waals surface area (Å²) >= 11 is 0. The van der Waals surface area contributed by atoms with E-state index in [1.54, 1.807) is 6.07 Å². The summed E-state index contributed by atoms with van der Waals surface area (Å²) < 4.78 is 6.33.